The zero-order valence-electron chi connectivity index (χ0n) is 14.7. The number of carbonyl (C=O) groups excluding carboxylic acids is 1. The van der Waals surface area contributed by atoms with Crippen LogP contribution in [0.3, 0.4) is 0 Å². The molecule has 7 nitrogen and oxygen atoms in total. The van der Waals surface area contributed by atoms with E-state index in [1.54, 1.807) is 18.2 Å². The normalized spacial score (nSPS) is 14.2. The average molecular weight is 354 g/mol. The largest absolute Gasteiger partial charge is 0.365 e. The summed E-state index contributed by atoms with van der Waals surface area (Å²) in [6.45, 7) is 2.62. The van der Waals surface area contributed by atoms with Gasteiger partial charge in [-0.1, -0.05) is 30.3 Å². The number of hydrogen-bond donors (Lipinski definition) is 0. The molecule has 7 heteroatoms. The summed E-state index contributed by atoms with van der Waals surface area (Å²) in [4.78, 5) is 29.1. The van der Waals surface area contributed by atoms with Crippen LogP contribution >= 0.6 is 0 Å². The molecule has 0 atom stereocenters. The number of anilines is 2. The highest BCUT2D eigenvalue weighted by Crippen LogP contribution is 2.28. The van der Waals surface area contributed by atoms with Gasteiger partial charge in [-0.2, -0.15) is 0 Å². The van der Waals surface area contributed by atoms with Crippen molar-refractivity contribution in [3.05, 3.63) is 64.7 Å². The van der Waals surface area contributed by atoms with E-state index in [4.69, 9.17) is 0 Å². The van der Waals surface area contributed by atoms with E-state index in [2.05, 4.69) is 0 Å². The Morgan fingerprint density at radius 2 is 1.65 bits per heavy atom. The molecule has 1 fully saturated rings. The predicted molar refractivity (Wildman–Crippen MR) is 102 cm³/mol. The van der Waals surface area contributed by atoms with Crippen LogP contribution in [0.1, 0.15) is 0 Å². The number of nitrogens with zero attached hydrogens (tertiary/aromatic N) is 4. The molecule has 2 aromatic rings. The quantitative estimate of drug-likeness (QED) is 0.609. The van der Waals surface area contributed by atoms with Crippen LogP contribution in [0, 0.1) is 10.1 Å². The molecule has 1 saturated heterocycles. The van der Waals surface area contributed by atoms with Crippen LogP contribution in [-0.2, 0) is 4.79 Å². The lowest BCUT2D eigenvalue weighted by Gasteiger charge is -2.36. The van der Waals surface area contributed by atoms with Crippen molar-refractivity contribution in [3.8, 4) is 0 Å². The van der Waals surface area contributed by atoms with Gasteiger partial charge in [0.1, 0.15) is 5.69 Å². The lowest BCUT2D eigenvalue weighted by atomic mass is 10.2. The van der Waals surface area contributed by atoms with Crippen molar-refractivity contribution in [2.45, 2.75) is 0 Å². The van der Waals surface area contributed by atoms with Crippen LogP contribution < -0.4 is 9.80 Å². The van der Waals surface area contributed by atoms with Crippen LogP contribution in [-0.4, -0.2) is 55.5 Å². The van der Waals surface area contributed by atoms with Crippen LogP contribution in [0.2, 0.25) is 0 Å². The second-order valence-electron chi connectivity index (χ2n) is 6.31. The van der Waals surface area contributed by atoms with E-state index < -0.39 is 0 Å². The SMILES string of the molecule is CN(CC(=O)N1CCN(c2ccccc2[N+](=O)[O-])CC1)c1ccccc1. The van der Waals surface area contributed by atoms with E-state index in [9.17, 15) is 14.9 Å². The molecule has 2 aromatic carbocycles. The standard InChI is InChI=1S/C19H22N4O3/c1-20(16-7-3-2-4-8-16)15-19(24)22-13-11-21(12-14-22)17-9-5-6-10-18(17)23(25)26/h2-10H,11-15H2,1H3. The van der Waals surface area contributed by atoms with Gasteiger partial charge in [-0.15, -0.1) is 0 Å². The van der Waals surface area contributed by atoms with Gasteiger partial charge in [0.15, 0.2) is 0 Å². The van der Waals surface area contributed by atoms with E-state index >= 15 is 0 Å². The second-order valence-corrected chi connectivity index (χ2v) is 6.31. The van der Waals surface area contributed by atoms with E-state index in [1.807, 2.05) is 52.1 Å². The first-order valence-corrected chi connectivity index (χ1v) is 8.58. The third-order valence-corrected chi connectivity index (χ3v) is 4.62. The van der Waals surface area contributed by atoms with Crippen LogP contribution in [0.4, 0.5) is 17.1 Å². The molecule has 136 valence electrons. The topological polar surface area (TPSA) is 69.9 Å². The summed E-state index contributed by atoms with van der Waals surface area (Å²) in [5.74, 6) is 0.0681. The Balaban J connectivity index is 1.58. The number of nitro groups is 1. The lowest BCUT2D eigenvalue weighted by molar-refractivity contribution is -0.384. The maximum atomic E-state index is 12.6. The van der Waals surface area contributed by atoms with Crippen molar-refractivity contribution < 1.29 is 9.72 Å². The van der Waals surface area contributed by atoms with Gasteiger partial charge in [-0.05, 0) is 18.2 Å². The molecule has 0 saturated carbocycles. The van der Waals surface area contributed by atoms with Gasteiger partial charge in [-0.25, -0.2) is 0 Å². The summed E-state index contributed by atoms with van der Waals surface area (Å²) in [5.41, 5.74) is 1.72. The minimum absolute atomic E-state index is 0.0681. The predicted octanol–water partition coefficient (Wildman–Crippen LogP) is 2.38. The number of nitro benzene ring substituents is 1. The smallest absolute Gasteiger partial charge is 0.292 e. The number of para-hydroxylation sites is 3. The Kier molecular flexibility index (Phi) is 5.36. The molecular formula is C19H22N4O3. The molecule has 0 aliphatic carbocycles. The third kappa shape index (κ3) is 3.93. The second kappa shape index (κ2) is 7.86. The lowest BCUT2D eigenvalue weighted by Crippen LogP contribution is -2.51. The van der Waals surface area contributed by atoms with Crippen molar-refractivity contribution >= 4 is 23.0 Å². The third-order valence-electron chi connectivity index (χ3n) is 4.62. The molecule has 1 heterocycles. The molecule has 0 aromatic heterocycles. The molecule has 1 aliphatic rings. The Morgan fingerprint density at radius 1 is 1.04 bits per heavy atom. The van der Waals surface area contributed by atoms with E-state index in [0.717, 1.165) is 5.69 Å². The molecule has 0 radical (unpaired) electrons. The highest BCUT2D eigenvalue weighted by molar-refractivity contribution is 5.81. The van der Waals surface area contributed by atoms with Crippen LogP contribution in [0.25, 0.3) is 0 Å². The number of piperazine rings is 1. The van der Waals surface area contributed by atoms with Gasteiger partial charge in [-0.3, -0.25) is 14.9 Å². The van der Waals surface area contributed by atoms with Gasteiger partial charge in [0.25, 0.3) is 5.69 Å². The summed E-state index contributed by atoms with van der Waals surface area (Å²) in [7, 11) is 1.90. The number of benzene rings is 2. The van der Waals surface area contributed by atoms with E-state index in [-0.39, 0.29) is 16.5 Å². The van der Waals surface area contributed by atoms with E-state index in [1.165, 1.54) is 6.07 Å². The maximum absolute atomic E-state index is 12.6. The molecule has 26 heavy (non-hydrogen) atoms. The Labute approximate surface area is 152 Å². The van der Waals surface area contributed by atoms with Crippen molar-refractivity contribution in [2.24, 2.45) is 0 Å². The molecule has 1 aliphatic heterocycles. The first kappa shape index (κ1) is 17.7. The summed E-state index contributed by atoms with van der Waals surface area (Å²) in [5, 5.41) is 11.2. The van der Waals surface area contributed by atoms with Gasteiger partial charge in [0.2, 0.25) is 5.91 Å². The fourth-order valence-corrected chi connectivity index (χ4v) is 3.16. The van der Waals surface area contributed by atoms with Gasteiger partial charge < -0.3 is 14.7 Å². The average Bonchev–Trinajstić information content (AvgIpc) is 2.68. The van der Waals surface area contributed by atoms with Gasteiger partial charge in [0.05, 0.1) is 11.5 Å². The number of carbonyl (C=O) groups is 1. The number of rotatable bonds is 5. The summed E-state index contributed by atoms with van der Waals surface area (Å²) in [6, 6.07) is 16.5. The minimum Gasteiger partial charge on any atom is -0.365 e. The molecule has 0 spiro atoms. The summed E-state index contributed by atoms with van der Waals surface area (Å²) in [6.07, 6.45) is 0. The zero-order chi connectivity index (χ0) is 18.5. The van der Waals surface area contributed by atoms with Crippen LogP contribution in [0.15, 0.2) is 54.6 Å². The fraction of sp³-hybridized carbons (Fsp3) is 0.316. The van der Waals surface area contributed by atoms with Crippen molar-refractivity contribution in [2.75, 3.05) is 49.6 Å². The van der Waals surface area contributed by atoms with E-state index in [0.29, 0.717) is 38.4 Å². The highest BCUT2D eigenvalue weighted by atomic mass is 16.6. The minimum atomic E-state index is -0.359. The number of amides is 1. The first-order chi connectivity index (χ1) is 12.6. The molecule has 0 unspecified atom stereocenters. The highest BCUT2D eigenvalue weighted by Gasteiger charge is 2.25. The fourth-order valence-electron chi connectivity index (χ4n) is 3.16. The Morgan fingerprint density at radius 3 is 2.31 bits per heavy atom. The molecule has 0 bridgehead atoms. The molecule has 0 N–H and O–H groups in total. The Bertz CT molecular complexity index is 773. The van der Waals surface area contributed by atoms with Crippen molar-refractivity contribution in [1.29, 1.82) is 0 Å². The molecule has 1 amide bonds. The Hall–Kier alpha value is -3.09. The van der Waals surface area contributed by atoms with Crippen molar-refractivity contribution in [3.63, 3.8) is 0 Å². The summed E-state index contributed by atoms with van der Waals surface area (Å²) >= 11 is 0. The molecule has 3 rings (SSSR count). The number of hydrogen-bond acceptors (Lipinski definition) is 5. The monoisotopic (exact) mass is 354 g/mol. The maximum Gasteiger partial charge on any atom is 0.292 e. The van der Waals surface area contributed by atoms with Gasteiger partial charge >= 0.3 is 0 Å². The first-order valence-electron chi connectivity index (χ1n) is 8.58. The number of likely N-dealkylation sites (N-methyl/N-ethyl adjacent to an activating group) is 1. The summed E-state index contributed by atoms with van der Waals surface area (Å²) < 4.78 is 0. The zero-order valence-corrected chi connectivity index (χ0v) is 14.7. The van der Waals surface area contributed by atoms with Crippen LogP contribution in [0.5, 0.6) is 0 Å². The van der Waals surface area contributed by atoms with Gasteiger partial charge in [0, 0.05) is 45.0 Å². The van der Waals surface area contributed by atoms with Crippen molar-refractivity contribution in [1.82, 2.24) is 4.90 Å². The molecular weight excluding hydrogens is 332 g/mol.